The molecule has 2 nitrogen and oxygen atoms in total. The monoisotopic (exact) mass is 266 g/mol. The van der Waals surface area contributed by atoms with E-state index in [4.69, 9.17) is 11.6 Å². The second-order valence-corrected chi connectivity index (χ2v) is 5.78. The van der Waals surface area contributed by atoms with E-state index in [1.807, 2.05) is 12.1 Å². The zero-order chi connectivity index (χ0) is 13.0. The predicted octanol–water partition coefficient (Wildman–Crippen LogP) is 3.84. The average molecular weight is 267 g/mol. The van der Waals surface area contributed by atoms with Crippen molar-refractivity contribution in [1.82, 2.24) is 5.32 Å². The van der Waals surface area contributed by atoms with Crippen LogP contribution in [0.25, 0.3) is 0 Å². The SMILES string of the molecule is CNC1CCC(CNc2cc(Cl)ccc2C)CC1. The van der Waals surface area contributed by atoms with E-state index in [0.717, 1.165) is 23.5 Å². The fraction of sp³-hybridized carbons (Fsp3) is 0.600. The van der Waals surface area contributed by atoms with Gasteiger partial charge in [-0.25, -0.2) is 0 Å². The Balaban J connectivity index is 1.83. The fourth-order valence-electron chi connectivity index (χ4n) is 2.69. The number of hydrogen-bond acceptors (Lipinski definition) is 2. The number of anilines is 1. The molecule has 1 aliphatic rings. The van der Waals surface area contributed by atoms with Crippen LogP contribution in [0.15, 0.2) is 18.2 Å². The Morgan fingerprint density at radius 3 is 2.61 bits per heavy atom. The Morgan fingerprint density at radius 1 is 1.22 bits per heavy atom. The molecule has 1 fully saturated rings. The highest BCUT2D eigenvalue weighted by Crippen LogP contribution is 2.26. The van der Waals surface area contributed by atoms with Crippen molar-refractivity contribution in [3.63, 3.8) is 0 Å². The number of halogens is 1. The van der Waals surface area contributed by atoms with Crippen LogP contribution in [-0.2, 0) is 0 Å². The molecule has 0 amide bonds. The van der Waals surface area contributed by atoms with Crippen molar-refractivity contribution in [2.24, 2.45) is 5.92 Å². The lowest BCUT2D eigenvalue weighted by Gasteiger charge is -2.28. The zero-order valence-electron chi connectivity index (χ0n) is 11.3. The van der Waals surface area contributed by atoms with E-state index < -0.39 is 0 Å². The maximum absolute atomic E-state index is 6.03. The van der Waals surface area contributed by atoms with Crippen molar-refractivity contribution in [3.05, 3.63) is 28.8 Å². The van der Waals surface area contributed by atoms with E-state index in [2.05, 4.69) is 30.7 Å². The molecule has 0 bridgehead atoms. The van der Waals surface area contributed by atoms with Gasteiger partial charge < -0.3 is 10.6 Å². The summed E-state index contributed by atoms with van der Waals surface area (Å²) >= 11 is 6.03. The molecule has 0 atom stereocenters. The summed E-state index contributed by atoms with van der Waals surface area (Å²) in [4.78, 5) is 0. The van der Waals surface area contributed by atoms with Gasteiger partial charge in [-0.3, -0.25) is 0 Å². The molecule has 2 rings (SSSR count). The van der Waals surface area contributed by atoms with Crippen molar-refractivity contribution in [1.29, 1.82) is 0 Å². The first-order valence-corrected chi connectivity index (χ1v) is 7.24. The van der Waals surface area contributed by atoms with Crippen molar-refractivity contribution in [2.45, 2.75) is 38.6 Å². The van der Waals surface area contributed by atoms with Gasteiger partial charge in [0.25, 0.3) is 0 Å². The normalized spacial score (nSPS) is 23.9. The van der Waals surface area contributed by atoms with Gasteiger partial charge in [-0.2, -0.15) is 0 Å². The number of rotatable bonds is 4. The summed E-state index contributed by atoms with van der Waals surface area (Å²) in [6.45, 7) is 3.19. The first-order chi connectivity index (χ1) is 8.69. The maximum atomic E-state index is 6.03. The molecule has 0 saturated heterocycles. The van der Waals surface area contributed by atoms with E-state index >= 15 is 0 Å². The van der Waals surface area contributed by atoms with Crippen LogP contribution in [0.2, 0.25) is 5.02 Å². The third kappa shape index (κ3) is 3.63. The Kier molecular flexibility index (Phi) is 4.90. The van der Waals surface area contributed by atoms with E-state index in [1.165, 1.54) is 36.9 Å². The van der Waals surface area contributed by atoms with Crippen LogP contribution in [0, 0.1) is 12.8 Å². The standard InChI is InChI=1S/C15H23ClN2/c1-11-3-6-13(16)9-15(11)18-10-12-4-7-14(17-2)8-5-12/h3,6,9,12,14,17-18H,4-5,7-8,10H2,1-2H3. The van der Waals surface area contributed by atoms with Crippen LogP contribution in [0.1, 0.15) is 31.2 Å². The number of aryl methyl sites for hydroxylation is 1. The Labute approximate surface area is 115 Å². The van der Waals surface area contributed by atoms with Gasteiger partial charge in [0.15, 0.2) is 0 Å². The smallest absolute Gasteiger partial charge is 0.0426 e. The second-order valence-electron chi connectivity index (χ2n) is 5.35. The molecule has 0 radical (unpaired) electrons. The van der Waals surface area contributed by atoms with Crippen molar-refractivity contribution in [3.8, 4) is 0 Å². The van der Waals surface area contributed by atoms with Gasteiger partial charge in [0.2, 0.25) is 0 Å². The van der Waals surface area contributed by atoms with Crippen LogP contribution < -0.4 is 10.6 Å². The van der Waals surface area contributed by atoms with Crippen molar-refractivity contribution < 1.29 is 0 Å². The quantitative estimate of drug-likeness (QED) is 0.865. The fourth-order valence-corrected chi connectivity index (χ4v) is 2.87. The summed E-state index contributed by atoms with van der Waals surface area (Å²) in [7, 11) is 2.07. The van der Waals surface area contributed by atoms with Crippen molar-refractivity contribution in [2.75, 3.05) is 18.9 Å². The van der Waals surface area contributed by atoms with Gasteiger partial charge in [-0.1, -0.05) is 17.7 Å². The minimum absolute atomic E-state index is 0.731. The summed E-state index contributed by atoms with van der Waals surface area (Å²) in [5, 5.41) is 7.74. The van der Waals surface area contributed by atoms with Gasteiger partial charge in [0, 0.05) is 23.3 Å². The topological polar surface area (TPSA) is 24.1 Å². The van der Waals surface area contributed by atoms with Crippen molar-refractivity contribution >= 4 is 17.3 Å². The lowest BCUT2D eigenvalue weighted by atomic mass is 9.86. The van der Waals surface area contributed by atoms with Crippen LogP contribution >= 0.6 is 11.6 Å². The number of nitrogens with one attached hydrogen (secondary N) is 2. The molecule has 0 unspecified atom stereocenters. The zero-order valence-corrected chi connectivity index (χ0v) is 12.1. The third-order valence-corrected chi connectivity index (χ3v) is 4.27. The highest BCUT2D eigenvalue weighted by Gasteiger charge is 2.19. The summed E-state index contributed by atoms with van der Waals surface area (Å²) in [5.74, 6) is 0.799. The Morgan fingerprint density at radius 2 is 1.94 bits per heavy atom. The Hall–Kier alpha value is -0.730. The Bertz CT molecular complexity index is 384. The minimum Gasteiger partial charge on any atom is -0.385 e. The molecule has 0 heterocycles. The van der Waals surface area contributed by atoms with Gasteiger partial charge in [0.05, 0.1) is 0 Å². The largest absolute Gasteiger partial charge is 0.385 e. The van der Waals surface area contributed by atoms with E-state index in [9.17, 15) is 0 Å². The van der Waals surface area contributed by atoms with E-state index in [-0.39, 0.29) is 0 Å². The average Bonchev–Trinajstić information content (AvgIpc) is 2.40. The molecule has 0 aliphatic heterocycles. The molecule has 100 valence electrons. The number of hydrogen-bond donors (Lipinski definition) is 2. The predicted molar refractivity (Wildman–Crippen MR) is 79.5 cm³/mol. The molecule has 0 aromatic heterocycles. The minimum atomic E-state index is 0.731. The maximum Gasteiger partial charge on any atom is 0.0426 e. The highest BCUT2D eigenvalue weighted by molar-refractivity contribution is 6.30. The molecule has 1 aliphatic carbocycles. The van der Waals surface area contributed by atoms with E-state index in [1.54, 1.807) is 0 Å². The lowest BCUT2D eigenvalue weighted by Crippen LogP contribution is -2.32. The molecule has 3 heteroatoms. The molecular formula is C15H23ClN2. The van der Waals surface area contributed by atoms with Gasteiger partial charge in [-0.05, 0) is 63.3 Å². The van der Waals surface area contributed by atoms with Crippen LogP contribution in [0.4, 0.5) is 5.69 Å². The first-order valence-electron chi connectivity index (χ1n) is 6.86. The van der Waals surface area contributed by atoms with Gasteiger partial charge in [-0.15, -0.1) is 0 Å². The molecular weight excluding hydrogens is 244 g/mol. The molecule has 1 aromatic carbocycles. The second kappa shape index (κ2) is 6.44. The summed E-state index contributed by atoms with van der Waals surface area (Å²) in [5.41, 5.74) is 2.45. The summed E-state index contributed by atoms with van der Waals surface area (Å²) in [6, 6.07) is 6.77. The molecule has 0 spiro atoms. The van der Waals surface area contributed by atoms with Crippen LogP contribution in [-0.4, -0.2) is 19.6 Å². The highest BCUT2D eigenvalue weighted by atomic mass is 35.5. The van der Waals surface area contributed by atoms with E-state index in [0.29, 0.717) is 0 Å². The molecule has 2 N–H and O–H groups in total. The first kappa shape index (κ1) is 13.7. The van der Waals surface area contributed by atoms with Crippen LogP contribution in [0.5, 0.6) is 0 Å². The van der Waals surface area contributed by atoms with Gasteiger partial charge in [0.1, 0.15) is 0 Å². The van der Waals surface area contributed by atoms with Crippen LogP contribution in [0.3, 0.4) is 0 Å². The molecule has 1 aromatic rings. The number of benzene rings is 1. The third-order valence-electron chi connectivity index (χ3n) is 4.04. The van der Waals surface area contributed by atoms with Gasteiger partial charge >= 0.3 is 0 Å². The summed E-state index contributed by atoms with van der Waals surface area (Å²) < 4.78 is 0. The molecule has 1 saturated carbocycles. The summed E-state index contributed by atoms with van der Waals surface area (Å²) in [6.07, 6.45) is 5.24. The lowest BCUT2D eigenvalue weighted by molar-refractivity contribution is 0.312. The molecule has 18 heavy (non-hydrogen) atoms.